The topological polar surface area (TPSA) is 73.6 Å². The molecule has 0 atom stereocenters. The molecule has 0 fully saturated rings. The van der Waals surface area contributed by atoms with Gasteiger partial charge >= 0.3 is 0 Å². The maximum absolute atomic E-state index is 13.2. The first-order chi connectivity index (χ1) is 9.72. The first-order valence-corrected chi connectivity index (χ1v) is 6.25. The van der Waals surface area contributed by atoms with Crippen LogP contribution in [-0.4, -0.2) is 16.5 Å². The van der Waals surface area contributed by atoms with Crippen molar-refractivity contribution in [2.24, 2.45) is 0 Å². The van der Waals surface area contributed by atoms with Crippen LogP contribution in [0.4, 0.5) is 21.7 Å². The fourth-order valence-corrected chi connectivity index (χ4v) is 1.61. The van der Waals surface area contributed by atoms with Crippen LogP contribution in [0.15, 0.2) is 30.6 Å². The van der Waals surface area contributed by atoms with Crippen molar-refractivity contribution in [1.29, 1.82) is 5.26 Å². The van der Waals surface area contributed by atoms with Crippen molar-refractivity contribution in [1.82, 2.24) is 9.97 Å². The van der Waals surface area contributed by atoms with E-state index in [1.807, 2.05) is 0 Å². The third kappa shape index (κ3) is 3.42. The predicted octanol–water partition coefficient (Wildman–Crippen LogP) is 3.05. The zero-order chi connectivity index (χ0) is 14.4. The van der Waals surface area contributed by atoms with E-state index in [0.29, 0.717) is 17.3 Å². The Morgan fingerprint density at radius 3 is 2.80 bits per heavy atom. The first kappa shape index (κ1) is 13.7. The number of nitriles is 1. The predicted molar refractivity (Wildman–Crippen MR) is 75.2 cm³/mol. The average molecular weight is 271 g/mol. The Hall–Kier alpha value is -2.68. The van der Waals surface area contributed by atoms with Gasteiger partial charge in [-0.05, 0) is 24.6 Å². The van der Waals surface area contributed by atoms with Crippen molar-refractivity contribution in [2.45, 2.75) is 13.3 Å². The SMILES string of the molecule is CCCNc1cc(Nc2ccc(F)c(C#N)c2)ncn1. The standard InChI is InChI=1S/C14H14FN5/c1-2-5-17-13-7-14(19-9-18-13)20-11-3-4-12(15)10(6-11)8-16/h3-4,6-7,9H,2,5H2,1H3,(H2,17,18,19,20). The first-order valence-electron chi connectivity index (χ1n) is 6.25. The molecule has 2 N–H and O–H groups in total. The van der Waals surface area contributed by atoms with E-state index in [4.69, 9.17) is 5.26 Å². The van der Waals surface area contributed by atoms with Gasteiger partial charge in [-0.25, -0.2) is 14.4 Å². The van der Waals surface area contributed by atoms with Crippen LogP contribution < -0.4 is 10.6 Å². The molecule has 1 heterocycles. The monoisotopic (exact) mass is 271 g/mol. The lowest BCUT2D eigenvalue weighted by Crippen LogP contribution is -2.03. The van der Waals surface area contributed by atoms with Gasteiger partial charge < -0.3 is 10.6 Å². The van der Waals surface area contributed by atoms with Crippen LogP contribution in [0.25, 0.3) is 0 Å². The van der Waals surface area contributed by atoms with Crippen molar-refractivity contribution >= 4 is 17.3 Å². The Labute approximate surface area is 116 Å². The molecule has 102 valence electrons. The van der Waals surface area contributed by atoms with Crippen LogP contribution >= 0.6 is 0 Å². The maximum Gasteiger partial charge on any atom is 0.141 e. The Morgan fingerprint density at radius 1 is 1.25 bits per heavy atom. The molecule has 0 aliphatic heterocycles. The molecule has 0 aliphatic rings. The van der Waals surface area contributed by atoms with Crippen molar-refractivity contribution in [2.75, 3.05) is 17.2 Å². The Kier molecular flexibility index (Phi) is 4.45. The average Bonchev–Trinajstić information content (AvgIpc) is 2.47. The minimum absolute atomic E-state index is 0.00612. The lowest BCUT2D eigenvalue weighted by atomic mass is 10.2. The van der Waals surface area contributed by atoms with E-state index in [1.165, 1.54) is 18.5 Å². The normalized spacial score (nSPS) is 9.85. The molecular weight excluding hydrogens is 257 g/mol. The van der Waals surface area contributed by atoms with Crippen LogP contribution in [0.2, 0.25) is 0 Å². The van der Waals surface area contributed by atoms with Crippen molar-refractivity contribution in [3.8, 4) is 6.07 Å². The number of nitrogens with zero attached hydrogens (tertiary/aromatic N) is 3. The number of aromatic nitrogens is 2. The fourth-order valence-electron chi connectivity index (χ4n) is 1.61. The highest BCUT2D eigenvalue weighted by molar-refractivity contribution is 5.60. The molecular formula is C14H14FN5. The van der Waals surface area contributed by atoms with Gasteiger partial charge in [0.05, 0.1) is 5.56 Å². The Balaban J connectivity index is 2.15. The number of benzene rings is 1. The molecule has 0 amide bonds. The molecule has 5 nitrogen and oxygen atoms in total. The second-order valence-electron chi connectivity index (χ2n) is 4.15. The molecule has 0 radical (unpaired) electrons. The summed E-state index contributed by atoms with van der Waals surface area (Å²) in [4.78, 5) is 8.17. The molecule has 6 heteroatoms. The number of halogens is 1. The summed E-state index contributed by atoms with van der Waals surface area (Å²) >= 11 is 0. The number of hydrogen-bond donors (Lipinski definition) is 2. The van der Waals surface area contributed by atoms with Gasteiger partial charge in [0.2, 0.25) is 0 Å². The molecule has 0 spiro atoms. The summed E-state index contributed by atoms with van der Waals surface area (Å²) in [7, 11) is 0. The number of anilines is 3. The highest BCUT2D eigenvalue weighted by Gasteiger charge is 2.04. The van der Waals surface area contributed by atoms with Gasteiger partial charge in [-0.2, -0.15) is 5.26 Å². The van der Waals surface area contributed by atoms with Gasteiger partial charge in [0.15, 0.2) is 0 Å². The summed E-state index contributed by atoms with van der Waals surface area (Å²) < 4.78 is 13.2. The second kappa shape index (κ2) is 6.48. The summed E-state index contributed by atoms with van der Waals surface area (Å²) in [5.74, 6) is 0.757. The summed E-state index contributed by atoms with van der Waals surface area (Å²) in [6, 6.07) is 7.80. The molecule has 2 rings (SSSR count). The van der Waals surface area contributed by atoms with Crippen molar-refractivity contribution < 1.29 is 4.39 Å². The molecule has 0 aliphatic carbocycles. The molecule has 0 saturated carbocycles. The smallest absolute Gasteiger partial charge is 0.141 e. The zero-order valence-electron chi connectivity index (χ0n) is 11.0. The molecule has 20 heavy (non-hydrogen) atoms. The van der Waals surface area contributed by atoms with Crippen LogP contribution in [0, 0.1) is 17.1 Å². The summed E-state index contributed by atoms with van der Waals surface area (Å²) in [6.45, 7) is 2.89. The highest BCUT2D eigenvalue weighted by Crippen LogP contribution is 2.19. The number of hydrogen-bond acceptors (Lipinski definition) is 5. The largest absolute Gasteiger partial charge is 0.370 e. The third-order valence-corrected chi connectivity index (χ3v) is 2.58. The molecule has 2 aromatic rings. The van der Waals surface area contributed by atoms with Gasteiger partial charge in [-0.3, -0.25) is 0 Å². The van der Waals surface area contributed by atoms with Gasteiger partial charge in [0, 0.05) is 18.3 Å². The third-order valence-electron chi connectivity index (χ3n) is 2.58. The fraction of sp³-hybridized carbons (Fsp3) is 0.214. The lowest BCUT2D eigenvalue weighted by Gasteiger charge is -2.08. The summed E-state index contributed by atoms with van der Waals surface area (Å²) in [5.41, 5.74) is 0.594. The van der Waals surface area contributed by atoms with E-state index in [2.05, 4.69) is 27.5 Å². The minimum Gasteiger partial charge on any atom is -0.370 e. The molecule has 0 bridgehead atoms. The van der Waals surface area contributed by atoms with Gasteiger partial charge in [-0.15, -0.1) is 0 Å². The summed E-state index contributed by atoms with van der Waals surface area (Å²) in [6.07, 6.45) is 2.44. The number of rotatable bonds is 5. The van der Waals surface area contributed by atoms with Crippen LogP contribution in [-0.2, 0) is 0 Å². The number of nitrogens with one attached hydrogen (secondary N) is 2. The van der Waals surface area contributed by atoms with Crippen LogP contribution in [0.3, 0.4) is 0 Å². The van der Waals surface area contributed by atoms with Crippen LogP contribution in [0.5, 0.6) is 0 Å². The van der Waals surface area contributed by atoms with Gasteiger partial charge in [-0.1, -0.05) is 6.92 Å². The highest BCUT2D eigenvalue weighted by atomic mass is 19.1. The van der Waals surface area contributed by atoms with E-state index in [-0.39, 0.29) is 5.56 Å². The molecule has 1 aromatic heterocycles. The summed E-state index contributed by atoms with van der Waals surface area (Å²) in [5, 5.41) is 15.0. The van der Waals surface area contributed by atoms with E-state index >= 15 is 0 Å². The maximum atomic E-state index is 13.2. The van der Waals surface area contributed by atoms with E-state index in [9.17, 15) is 4.39 Å². The van der Waals surface area contributed by atoms with Gasteiger partial charge in [0.1, 0.15) is 29.8 Å². The molecule has 1 aromatic carbocycles. The quantitative estimate of drug-likeness (QED) is 0.874. The van der Waals surface area contributed by atoms with E-state index in [1.54, 1.807) is 18.2 Å². The van der Waals surface area contributed by atoms with Crippen molar-refractivity contribution in [3.63, 3.8) is 0 Å². The molecule has 0 saturated heterocycles. The van der Waals surface area contributed by atoms with Gasteiger partial charge in [0.25, 0.3) is 0 Å². The molecule has 0 unspecified atom stereocenters. The second-order valence-corrected chi connectivity index (χ2v) is 4.15. The Bertz CT molecular complexity index is 636. The minimum atomic E-state index is -0.536. The zero-order valence-corrected chi connectivity index (χ0v) is 11.0. The van der Waals surface area contributed by atoms with Crippen molar-refractivity contribution in [3.05, 3.63) is 42.0 Å². The van der Waals surface area contributed by atoms with Crippen LogP contribution in [0.1, 0.15) is 18.9 Å². The Morgan fingerprint density at radius 2 is 2.05 bits per heavy atom. The van der Waals surface area contributed by atoms with E-state index in [0.717, 1.165) is 13.0 Å². The van der Waals surface area contributed by atoms with E-state index < -0.39 is 5.82 Å². The lowest BCUT2D eigenvalue weighted by molar-refractivity contribution is 0.624.